The summed E-state index contributed by atoms with van der Waals surface area (Å²) in [7, 11) is 0. The largest absolute Gasteiger partial charge is 0.383 e. The third kappa shape index (κ3) is 3.31. The van der Waals surface area contributed by atoms with E-state index in [2.05, 4.69) is 15.7 Å². The number of hydrogen-bond donors (Lipinski definition) is 2. The summed E-state index contributed by atoms with van der Waals surface area (Å²) in [6.45, 7) is 1.01. The van der Waals surface area contributed by atoms with Gasteiger partial charge in [0.1, 0.15) is 6.54 Å². The fraction of sp³-hybridized carbons (Fsp3) is 0.500. The quantitative estimate of drug-likeness (QED) is 0.720. The van der Waals surface area contributed by atoms with Crippen molar-refractivity contribution in [1.29, 1.82) is 5.26 Å². The number of fused-ring (bicyclic) bond motifs is 1. The molecule has 7 nitrogen and oxygen atoms in total. The Balaban J connectivity index is 2.06. The minimum atomic E-state index is -0.312. The molecule has 1 aliphatic heterocycles. The first-order valence-electron chi connectivity index (χ1n) is 6.19. The van der Waals surface area contributed by atoms with Gasteiger partial charge in [-0.25, -0.2) is 4.68 Å². The zero-order chi connectivity index (χ0) is 13.7. The highest BCUT2D eigenvalue weighted by Gasteiger charge is 2.14. The van der Waals surface area contributed by atoms with Gasteiger partial charge in [0.25, 0.3) is 5.56 Å². The van der Waals surface area contributed by atoms with Crippen LogP contribution in [0.4, 0.5) is 5.69 Å². The van der Waals surface area contributed by atoms with Crippen LogP contribution in [0.2, 0.25) is 0 Å². The maximum absolute atomic E-state index is 11.8. The number of hydrogen-bond acceptors (Lipinski definition) is 5. The normalized spacial score (nSPS) is 13.0. The standard InChI is InChI=1S/C12H15N5O2/c13-4-2-6-15-11(18)8-17-12(19)7-10-9(16-17)3-1-5-14-10/h7,14H,1-3,5-6,8H2,(H,15,18). The van der Waals surface area contributed by atoms with Crippen molar-refractivity contribution in [2.75, 3.05) is 18.4 Å². The van der Waals surface area contributed by atoms with Gasteiger partial charge in [-0.1, -0.05) is 0 Å². The number of nitrogens with zero attached hydrogens (tertiary/aromatic N) is 3. The third-order valence-electron chi connectivity index (χ3n) is 2.83. The van der Waals surface area contributed by atoms with E-state index in [-0.39, 0.29) is 31.0 Å². The van der Waals surface area contributed by atoms with Crippen LogP contribution in [-0.4, -0.2) is 28.8 Å². The van der Waals surface area contributed by atoms with Crippen molar-refractivity contribution in [3.05, 3.63) is 22.1 Å². The first-order valence-corrected chi connectivity index (χ1v) is 6.19. The van der Waals surface area contributed by atoms with Crippen molar-refractivity contribution in [3.8, 4) is 6.07 Å². The first-order chi connectivity index (χ1) is 9.20. The second-order valence-corrected chi connectivity index (χ2v) is 4.29. The number of aromatic nitrogens is 2. The van der Waals surface area contributed by atoms with E-state index in [1.54, 1.807) is 0 Å². The molecular formula is C12H15N5O2. The summed E-state index contributed by atoms with van der Waals surface area (Å²) < 4.78 is 1.16. The van der Waals surface area contributed by atoms with Crippen LogP contribution in [0.5, 0.6) is 0 Å². The molecule has 0 radical (unpaired) electrons. The van der Waals surface area contributed by atoms with Gasteiger partial charge in [0.05, 0.1) is 23.9 Å². The van der Waals surface area contributed by atoms with E-state index in [0.29, 0.717) is 0 Å². The molecule has 1 amide bonds. The van der Waals surface area contributed by atoms with Crippen molar-refractivity contribution < 1.29 is 4.79 Å². The molecule has 0 saturated carbocycles. The summed E-state index contributed by atoms with van der Waals surface area (Å²) in [5.41, 5.74) is 1.27. The molecule has 0 atom stereocenters. The van der Waals surface area contributed by atoms with Crippen molar-refractivity contribution in [2.45, 2.75) is 25.8 Å². The first kappa shape index (κ1) is 13.1. The Hall–Kier alpha value is -2.36. The van der Waals surface area contributed by atoms with Crippen LogP contribution in [0, 0.1) is 11.3 Å². The fourth-order valence-corrected chi connectivity index (χ4v) is 1.91. The summed E-state index contributed by atoms with van der Waals surface area (Å²) in [5, 5.41) is 18.2. The topological polar surface area (TPSA) is 99.8 Å². The Labute approximate surface area is 110 Å². The zero-order valence-electron chi connectivity index (χ0n) is 10.5. The zero-order valence-corrected chi connectivity index (χ0v) is 10.5. The molecule has 1 aromatic rings. The second-order valence-electron chi connectivity index (χ2n) is 4.29. The summed E-state index contributed by atoms with van der Waals surface area (Å²) in [6.07, 6.45) is 2.02. The SMILES string of the molecule is N#CCCNC(=O)Cn1nc2c(cc1=O)NCCC2. The van der Waals surface area contributed by atoms with Crippen LogP contribution < -0.4 is 16.2 Å². The van der Waals surface area contributed by atoms with Crippen LogP contribution in [0.1, 0.15) is 18.5 Å². The van der Waals surface area contributed by atoms with Gasteiger partial charge in [-0.15, -0.1) is 0 Å². The average Bonchev–Trinajstić information content (AvgIpc) is 2.40. The molecule has 19 heavy (non-hydrogen) atoms. The van der Waals surface area contributed by atoms with E-state index in [1.807, 2.05) is 6.07 Å². The molecule has 0 bridgehead atoms. The fourth-order valence-electron chi connectivity index (χ4n) is 1.91. The lowest BCUT2D eigenvalue weighted by molar-refractivity contribution is -0.121. The van der Waals surface area contributed by atoms with Gasteiger partial charge >= 0.3 is 0 Å². The number of carbonyl (C=O) groups excluding carboxylic acids is 1. The summed E-state index contributed by atoms with van der Waals surface area (Å²) in [5.74, 6) is -0.312. The van der Waals surface area contributed by atoms with Crippen LogP contribution in [0.3, 0.4) is 0 Å². The Morgan fingerprint density at radius 2 is 2.47 bits per heavy atom. The molecule has 2 rings (SSSR count). The molecule has 1 aliphatic rings. The molecule has 0 saturated heterocycles. The van der Waals surface area contributed by atoms with Gasteiger partial charge in [0.2, 0.25) is 5.91 Å². The van der Waals surface area contributed by atoms with E-state index < -0.39 is 0 Å². The highest BCUT2D eigenvalue weighted by molar-refractivity contribution is 5.75. The molecule has 0 fully saturated rings. The lowest BCUT2D eigenvalue weighted by atomic mass is 10.1. The predicted molar refractivity (Wildman–Crippen MR) is 68.5 cm³/mol. The monoisotopic (exact) mass is 261 g/mol. The van der Waals surface area contributed by atoms with Crippen molar-refractivity contribution in [1.82, 2.24) is 15.1 Å². The van der Waals surface area contributed by atoms with Crippen LogP contribution in [0.15, 0.2) is 10.9 Å². The third-order valence-corrected chi connectivity index (χ3v) is 2.83. The lowest BCUT2D eigenvalue weighted by Gasteiger charge is -2.17. The minimum absolute atomic E-state index is 0.114. The maximum atomic E-state index is 11.8. The van der Waals surface area contributed by atoms with Gasteiger partial charge in [0.15, 0.2) is 0 Å². The molecule has 1 aromatic heterocycles. The molecule has 7 heteroatoms. The Morgan fingerprint density at radius 3 is 3.26 bits per heavy atom. The van der Waals surface area contributed by atoms with Crippen LogP contribution >= 0.6 is 0 Å². The van der Waals surface area contributed by atoms with Crippen molar-refractivity contribution >= 4 is 11.6 Å². The molecular weight excluding hydrogens is 246 g/mol. The Bertz CT molecular complexity index is 572. The van der Waals surface area contributed by atoms with Gasteiger partial charge in [0, 0.05) is 19.2 Å². The van der Waals surface area contributed by atoms with E-state index in [4.69, 9.17) is 5.26 Å². The number of amides is 1. The molecule has 0 unspecified atom stereocenters. The highest BCUT2D eigenvalue weighted by atomic mass is 16.2. The Morgan fingerprint density at radius 1 is 1.63 bits per heavy atom. The number of anilines is 1. The molecule has 2 N–H and O–H groups in total. The predicted octanol–water partition coefficient (Wildman–Crippen LogP) is -0.369. The molecule has 0 aliphatic carbocycles. The average molecular weight is 261 g/mol. The maximum Gasteiger partial charge on any atom is 0.269 e. The van der Waals surface area contributed by atoms with Gasteiger partial charge in [-0.05, 0) is 12.8 Å². The van der Waals surface area contributed by atoms with Gasteiger partial charge in [-0.3, -0.25) is 9.59 Å². The molecule has 0 spiro atoms. The van der Waals surface area contributed by atoms with Crippen LogP contribution in [-0.2, 0) is 17.8 Å². The van der Waals surface area contributed by atoms with E-state index >= 15 is 0 Å². The number of carbonyl (C=O) groups is 1. The number of aryl methyl sites for hydroxylation is 1. The van der Waals surface area contributed by atoms with E-state index in [1.165, 1.54) is 6.07 Å². The van der Waals surface area contributed by atoms with Crippen molar-refractivity contribution in [3.63, 3.8) is 0 Å². The summed E-state index contributed by atoms with van der Waals surface area (Å²) in [6, 6.07) is 3.41. The van der Waals surface area contributed by atoms with Gasteiger partial charge in [-0.2, -0.15) is 10.4 Å². The molecule has 0 aromatic carbocycles. The van der Waals surface area contributed by atoms with Gasteiger partial charge < -0.3 is 10.6 Å². The van der Waals surface area contributed by atoms with E-state index in [0.717, 1.165) is 35.4 Å². The van der Waals surface area contributed by atoms with Crippen molar-refractivity contribution in [2.24, 2.45) is 0 Å². The molecule has 2 heterocycles. The Kier molecular flexibility index (Phi) is 4.13. The summed E-state index contributed by atoms with van der Waals surface area (Å²) in [4.78, 5) is 23.4. The second kappa shape index (κ2) is 6.00. The minimum Gasteiger partial charge on any atom is -0.383 e. The number of nitrogens with one attached hydrogen (secondary N) is 2. The van der Waals surface area contributed by atoms with Crippen LogP contribution in [0.25, 0.3) is 0 Å². The summed E-state index contributed by atoms with van der Waals surface area (Å²) >= 11 is 0. The number of rotatable bonds is 4. The van der Waals surface area contributed by atoms with E-state index in [9.17, 15) is 9.59 Å². The highest BCUT2D eigenvalue weighted by Crippen LogP contribution is 2.16. The smallest absolute Gasteiger partial charge is 0.269 e. The lowest BCUT2D eigenvalue weighted by Crippen LogP contribution is -2.35. The number of nitriles is 1. The molecule has 100 valence electrons.